The summed E-state index contributed by atoms with van der Waals surface area (Å²) in [5, 5.41) is 6.51. The van der Waals surface area contributed by atoms with Gasteiger partial charge in [0.2, 0.25) is 5.89 Å². The minimum absolute atomic E-state index is 0.0665. The number of nitrogens with zero attached hydrogens (tertiary/aromatic N) is 2. The molecule has 1 atom stereocenters. The van der Waals surface area contributed by atoms with Crippen molar-refractivity contribution in [1.29, 1.82) is 0 Å². The van der Waals surface area contributed by atoms with Gasteiger partial charge in [-0.05, 0) is 26.0 Å². The lowest BCUT2D eigenvalue weighted by atomic mass is 9.94. The lowest BCUT2D eigenvalue weighted by molar-refractivity contribution is 0.213. The van der Waals surface area contributed by atoms with Crippen LogP contribution in [0.3, 0.4) is 0 Å². The standard InChI is InChI=1S/C21H32N4O3/c1-7-22-20(25-14-19-23-13-18(28-19)21(3,4)5)24-12-15(2)27-17-11-9-8-10-16(17)26-6/h8-11,13,15H,7,12,14H2,1-6H3,(H2,22,24,25). The maximum atomic E-state index is 5.97. The van der Waals surface area contributed by atoms with Crippen LogP contribution in [0.5, 0.6) is 11.5 Å². The molecule has 0 aliphatic rings. The largest absolute Gasteiger partial charge is 0.493 e. The summed E-state index contributed by atoms with van der Waals surface area (Å²) in [5.74, 6) is 3.58. The molecule has 1 aromatic heterocycles. The first kappa shape index (κ1) is 21.6. The molecule has 1 unspecified atom stereocenters. The Morgan fingerprint density at radius 2 is 1.93 bits per heavy atom. The van der Waals surface area contributed by atoms with E-state index in [1.54, 1.807) is 13.3 Å². The second-order valence-corrected chi connectivity index (χ2v) is 7.52. The van der Waals surface area contributed by atoms with E-state index in [0.29, 0.717) is 30.7 Å². The molecule has 0 aliphatic heterocycles. The molecule has 1 heterocycles. The molecule has 0 radical (unpaired) electrons. The molecule has 7 heteroatoms. The van der Waals surface area contributed by atoms with Crippen molar-refractivity contribution < 1.29 is 13.9 Å². The number of ether oxygens (including phenoxy) is 2. The van der Waals surface area contributed by atoms with E-state index in [0.717, 1.165) is 18.1 Å². The number of para-hydroxylation sites is 2. The summed E-state index contributed by atoms with van der Waals surface area (Å²) in [6.07, 6.45) is 1.70. The highest BCUT2D eigenvalue weighted by molar-refractivity contribution is 5.79. The zero-order valence-electron chi connectivity index (χ0n) is 17.7. The molecular formula is C21H32N4O3. The average molecular weight is 389 g/mol. The van der Waals surface area contributed by atoms with E-state index in [-0.39, 0.29) is 11.5 Å². The fraction of sp³-hybridized carbons (Fsp3) is 0.524. The Hall–Kier alpha value is -2.70. The van der Waals surface area contributed by atoms with Gasteiger partial charge in [-0.15, -0.1) is 0 Å². The van der Waals surface area contributed by atoms with Gasteiger partial charge in [0.1, 0.15) is 18.4 Å². The molecule has 7 nitrogen and oxygen atoms in total. The number of guanidine groups is 1. The van der Waals surface area contributed by atoms with Crippen LogP contribution in [0.15, 0.2) is 39.9 Å². The third kappa shape index (κ3) is 6.48. The molecule has 28 heavy (non-hydrogen) atoms. The molecule has 2 N–H and O–H groups in total. The molecule has 0 aliphatic carbocycles. The Morgan fingerprint density at radius 3 is 2.54 bits per heavy atom. The van der Waals surface area contributed by atoms with Crippen LogP contribution in [-0.4, -0.2) is 37.2 Å². The first-order valence-electron chi connectivity index (χ1n) is 9.60. The Morgan fingerprint density at radius 1 is 1.21 bits per heavy atom. The van der Waals surface area contributed by atoms with Crippen molar-refractivity contribution >= 4 is 5.96 Å². The SMILES string of the molecule is CCNC(=NCc1ncc(C(C)(C)C)o1)NCC(C)Oc1ccccc1OC. The number of hydrogen-bond acceptors (Lipinski definition) is 5. The third-order valence-electron chi connectivity index (χ3n) is 3.96. The van der Waals surface area contributed by atoms with Crippen LogP contribution >= 0.6 is 0 Å². The number of methoxy groups -OCH3 is 1. The molecule has 1 aromatic carbocycles. The normalized spacial score (nSPS) is 13.1. The van der Waals surface area contributed by atoms with Crippen LogP contribution in [0, 0.1) is 0 Å². The maximum absolute atomic E-state index is 5.97. The second kappa shape index (κ2) is 10.0. The molecule has 0 spiro atoms. The van der Waals surface area contributed by atoms with Crippen molar-refractivity contribution in [2.24, 2.45) is 4.99 Å². The highest BCUT2D eigenvalue weighted by Gasteiger charge is 2.19. The third-order valence-corrected chi connectivity index (χ3v) is 3.96. The van der Waals surface area contributed by atoms with Crippen LogP contribution in [-0.2, 0) is 12.0 Å². The van der Waals surface area contributed by atoms with E-state index in [1.807, 2.05) is 38.1 Å². The molecule has 0 fully saturated rings. The summed E-state index contributed by atoms with van der Waals surface area (Å²) in [7, 11) is 1.63. The summed E-state index contributed by atoms with van der Waals surface area (Å²) < 4.78 is 17.1. The maximum Gasteiger partial charge on any atom is 0.216 e. The van der Waals surface area contributed by atoms with Crippen molar-refractivity contribution in [2.45, 2.75) is 52.7 Å². The lowest BCUT2D eigenvalue weighted by Gasteiger charge is -2.19. The number of benzene rings is 1. The lowest BCUT2D eigenvalue weighted by Crippen LogP contribution is -2.41. The van der Waals surface area contributed by atoms with Crippen molar-refractivity contribution in [3.05, 3.63) is 42.1 Å². The summed E-state index contributed by atoms with van der Waals surface area (Å²) in [6, 6.07) is 7.61. The predicted molar refractivity (Wildman–Crippen MR) is 111 cm³/mol. The number of rotatable bonds is 8. The Kier molecular flexibility index (Phi) is 7.72. The van der Waals surface area contributed by atoms with E-state index in [2.05, 4.69) is 41.4 Å². The van der Waals surface area contributed by atoms with Gasteiger partial charge in [0.05, 0.1) is 19.9 Å². The van der Waals surface area contributed by atoms with Crippen LogP contribution in [0.4, 0.5) is 0 Å². The number of nitrogens with one attached hydrogen (secondary N) is 2. The number of aliphatic imine (C=N–C) groups is 1. The molecule has 0 saturated carbocycles. The molecule has 0 saturated heterocycles. The minimum Gasteiger partial charge on any atom is -0.493 e. The van der Waals surface area contributed by atoms with Crippen LogP contribution in [0.2, 0.25) is 0 Å². The summed E-state index contributed by atoms with van der Waals surface area (Å²) in [4.78, 5) is 8.87. The van der Waals surface area contributed by atoms with E-state index in [4.69, 9.17) is 13.9 Å². The first-order valence-corrected chi connectivity index (χ1v) is 9.60. The van der Waals surface area contributed by atoms with Crippen LogP contribution < -0.4 is 20.1 Å². The van der Waals surface area contributed by atoms with Gasteiger partial charge in [-0.25, -0.2) is 9.98 Å². The monoisotopic (exact) mass is 388 g/mol. The van der Waals surface area contributed by atoms with Crippen molar-refractivity contribution in [3.63, 3.8) is 0 Å². The van der Waals surface area contributed by atoms with Gasteiger partial charge in [-0.3, -0.25) is 0 Å². The van der Waals surface area contributed by atoms with Crippen LogP contribution in [0.1, 0.15) is 46.3 Å². The van der Waals surface area contributed by atoms with E-state index in [1.165, 1.54) is 0 Å². The quantitative estimate of drug-likeness (QED) is 0.532. The Labute approximate surface area is 167 Å². The predicted octanol–water partition coefficient (Wildman–Crippen LogP) is 3.50. The topological polar surface area (TPSA) is 80.9 Å². The molecule has 0 bridgehead atoms. The van der Waals surface area contributed by atoms with E-state index >= 15 is 0 Å². The number of oxazole rings is 1. The average Bonchev–Trinajstić information content (AvgIpc) is 3.14. The summed E-state index contributed by atoms with van der Waals surface area (Å²) in [6.45, 7) is 12.0. The van der Waals surface area contributed by atoms with Gasteiger partial charge in [0.25, 0.3) is 0 Å². The molecule has 2 aromatic rings. The summed E-state index contributed by atoms with van der Waals surface area (Å²) in [5.41, 5.74) is -0.0665. The first-order chi connectivity index (χ1) is 13.3. The zero-order valence-corrected chi connectivity index (χ0v) is 17.7. The Balaban J connectivity index is 1.92. The second-order valence-electron chi connectivity index (χ2n) is 7.52. The highest BCUT2D eigenvalue weighted by atomic mass is 16.5. The van der Waals surface area contributed by atoms with Crippen molar-refractivity contribution in [2.75, 3.05) is 20.2 Å². The fourth-order valence-corrected chi connectivity index (χ4v) is 2.43. The summed E-state index contributed by atoms with van der Waals surface area (Å²) >= 11 is 0. The number of aromatic nitrogens is 1. The number of hydrogen-bond donors (Lipinski definition) is 2. The van der Waals surface area contributed by atoms with Gasteiger partial charge < -0.3 is 24.5 Å². The molecular weight excluding hydrogens is 356 g/mol. The van der Waals surface area contributed by atoms with Crippen molar-refractivity contribution in [1.82, 2.24) is 15.6 Å². The van der Waals surface area contributed by atoms with Gasteiger partial charge in [-0.1, -0.05) is 32.9 Å². The van der Waals surface area contributed by atoms with Gasteiger partial charge >= 0.3 is 0 Å². The fourth-order valence-electron chi connectivity index (χ4n) is 2.43. The molecule has 0 amide bonds. The zero-order chi connectivity index (χ0) is 20.6. The smallest absolute Gasteiger partial charge is 0.216 e. The highest BCUT2D eigenvalue weighted by Crippen LogP contribution is 2.26. The van der Waals surface area contributed by atoms with E-state index < -0.39 is 0 Å². The molecule has 2 rings (SSSR count). The van der Waals surface area contributed by atoms with E-state index in [9.17, 15) is 0 Å². The minimum atomic E-state index is -0.0746. The Bertz CT molecular complexity index is 765. The van der Waals surface area contributed by atoms with Gasteiger partial charge in [-0.2, -0.15) is 0 Å². The van der Waals surface area contributed by atoms with Crippen molar-refractivity contribution in [3.8, 4) is 11.5 Å². The van der Waals surface area contributed by atoms with Gasteiger partial charge in [0.15, 0.2) is 17.5 Å². The van der Waals surface area contributed by atoms with Gasteiger partial charge in [0, 0.05) is 12.0 Å². The molecule has 154 valence electrons. The van der Waals surface area contributed by atoms with Crippen LogP contribution in [0.25, 0.3) is 0 Å².